The molecule has 0 saturated carbocycles. The van der Waals surface area contributed by atoms with Crippen molar-refractivity contribution in [1.82, 2.24) is 0 Å². The van der Waals surface area contributed by atoms with Crippen molar-refractivity contribution in [3.63, 3.8) is 0 Å². The molecule has 0 spiro atoms. The molecule has 1 aromatic rings. The van der Waals surface area contributed by atoms with Crippen molar-refractivity contribution in [3.05, 3.63) is 24.3 Å². The van der Waals surface area contributed by atoms with E-state index >= 15 is 0 Å². The van der Waals surface area contributed by atoms with Gasteiger partial charge in [0.2, 0.25) is 5.91 Å². The average molecular weight is 252 g/mol. The van der Waals surface area contributed by atoms with E-state index in [0.717, 1.165) is 11.5 Å². The van der Waals surface area contributed by atoms with Crippen molar-refractivity contribution in [3.8, 4) is 0 Å². The van der Waals surface area contributed by atoms with Crippen LogP contribution in [0.15, 0.2) is 24.3 Å². The highest BCUT2D eigenvalue weighted by atomic mass is 32.2. The molecule has 3 nitrogen and oxygen atoms in total. The molecule has 0 aliphatic heterocycles. The highest BCUT2D eigenvalue weighted by Crippen LogP contribution is 2.17. The van der Waals surface area contributed by atoms with Gasteiger partial charge in [-0.2, -0.15) is 11.8 Å². The highest BCUT2D eigenvalue weighted by molar-refractivity contribution is 7.99. The van der Waals surface area contributed by atoms with Crippen LogP contribution >= 0.6 is 11.8 Å². The summed E-state index contributed by atoms with van der Waals surface area (Å²) in [4.78, 5) is 11.6. The Morgan fingerprint density at radius 2 is 2.12 bits per heavy atom. The van der Waals surface area contributed by atoms with Crippen LogP contribution in [0.25, 0.3) is 0 Å². The summed E-state index contributed by atoms with van der Waals surface area (Å²) in [6.45, 7) is 2.17. The molecule has 0 radical (unpaired) electrons. The summed E-state index contributed by atoms with van der Waals surface area (Å²) in [7, 11) is 0. The monoisotopic (exact) mass is 252 g/mol. The molecule has 0 atom stereocenters. The van der Waals surface area contributed by atoms with Gasteiger partial charge in [-0.1, -0.05) is 25.5 Å². The predicted octanol–water partition coefficient (Wildman–Crippen LogP) is 3.13. The highest BCUT2D eigenvalue weighted by Gasteiger charge is 2.04. The average Bonchev–Trinajstić information content (AvgIpc) is 2.32. The smallest absolute Gasteiger partial charge is 0.225 e. The minimum Gasteiger partial charge on any atom is -0.397 e. The first-order valence-corrected chi connectivity index (χ1v) is 7.11. The molecule has 1 aromatic carbocycles. The molecule has 94 valence electrons. The minimum atomic E-state index is 0.0342. The van der Waals surface area contributed by atoms with Crippen LogP contribution in [0.4, 0.5) is 11.4 Å². The minimum absolute atomic E-state index is 0.0342. The first-order valence-electron chi connectivity index (χ1n) is 5.96. The number of amides is 1. The molecule has 17 heavy (non-hydrogen) atoms. The first kappa shape index (κ1) is 13.9. The molecule has 0 heterocycles. The third kappa shape index (κ3) is 5.63. The molecule has 3 N–H and O–H groups in total. The Hall–Kier alpha value is -1.16. The zero-order chi connectivity index (χ0) is 12.5. The second-order valence-electron chi connectivity index (χ2n) is 3.85. The number of carbonyl (C=O) groups excluding carboxylic acids is 1. The number of unbranched alkanes of at least 4 members (excludes halogenated alkanes) is 1. The number of hydrogen-bond acceptors (Lipinski definition) is 3. The zero-order valence-corrected chi connectivity index (χ0v) is 11.1. The Kier molecular flexibility index (Phi) is 6.55. The number of para-hydroxylation sites is 2. The van der Waals surface area contributed by atoms with Gasteiger partial charge in [0.1, 0.15) is 0 Å². The zero-order valence-electron chi connectivity index (χ0n) is 10.2. The van der Waals surface area contributed by atoms with E-state index in [0.29, 0.717) is 17.8 Å². The van der Waals surface area contributed by atoms with Crippen LogP contribution in [0.1, 0.15) is 26.2 Å². The third-order valence-corrected chi connectivity index (χ3v) is 3.42. The summed E-state index contributed by atoms with van der Waals surface area (Å²) in [6, 6.07) is 7.32. The summed E-state index contributed by atoms with van der Waals surface area (Å²) in [6.07, 6.45) is 2.97. The lowest BCUT2D eigenvalue weighted by atomic mass is 10.2. The lowest BCUT2D eigenvalue weighted by Gasteiger charge is -2.07. The van der Waals surface area contributed by atoms with Crippen molar-refractivity contribution in [2.75, 3.05) is 22.6 Å². The van der Waals surface area contributed by atoms with Crippen LogP contribution in [0, 0.1) is 0 Å². The van der Waals surface area contributed by atoms with Gasteiger partial charge < -0.3 is 11.1 Å². The largest absolute Gasteiger partial charge is 0.397 e. The maximum atomic E-state index is 11.6. The number of thioether (sulfide) groups is 1. The first-order chi connectivity index (χ1) is 8.24. The van der Waals surface area contributed by atoms with Crippen molar-refractivity contribution >= 4 is 29.0 Å². The van der Waals surface area contributed by atoms with Gasteiger partial charge in [0.15, 0.2) is 0 Å². The molecule has 1 amide bonds. The number of hydrogen-bond donors (Lipinski definition) is 2. The van der Waals surface area contributed by atoms with Gasteiger partial charge in [0.05, 0.1) is 11.4 Å². The number of nitrogens with two attached hydrogens (primary N) is 1. The normalized spacial score (nSPS) is 10.2. The molecule has 0 unspecified atom stereocenters. The lowest BCUT2D eigenvalue weighted by molar-refractivity contribution is -0.115. The predicted molar refractivity (Wildman–Crippen MR) is 76.3 cm³/mol. The number of benzene rings is 1. The number of nitrogens with one attached hydrogen (secondary N) is 1. The summed E-state index contributed by atoms with van der Waals surface area (Å²) < 4.78 is 0. The maximum Gasteiger partial charge on any atom is 0.225 e. The Balaban J connectivity index is 2.23. The second kappa shape index (κ2) is 8.01. The molecule has 4 heteroatoms. The summed E-state index contributed by atoms with van der Waals surface area (Å²) in [5, 5.41) is 2.82. The van der Waals surface area contributed by atoms with Gasteiger partial charge in [-0.05, 0) is 24.3 Å². The van der Waals surface area contributed by atoms with Gasteiger partial charge in [0.25, 0.3) is 0 Å². The summed E-state index contributed by atoms with van der Waals surface area (Å²) in [5.41, 5.74) is 7.06. The van der Waals surface area contributed by atoms with E-state index in [2.05, 4.69) is 12.2 Å². The SMILES string of the molecule is CCCCSCCC(=O)Nc1ccccc1N. The molecule has 0 aromatic heterocycles. The van der Waals surface area contributed by atoms with E-state index in [4.69, 9.17) is 5.73 Å². The molecule has 0 fully saturated rings. The van der Waals surface area contributed by atoms with Crippen molar-refractivity contribution < 1.29 is 4.79 Å². The second-order valence-corrected chi connectivity index (χ2v) is 5.08. The Morgan fingerprint density at radius 3 is 2.82 bits per heavy atom. The van der Waals surface area contributed by atoms with E-state index in [9.17, 15) is 4.79 Å². The standard InChI is InChI=1S/C13H20N2OS/c1-2-3-9-17-10-8-13(16)15-12-7-5-4-6-11(12)14/h4-7H,2-3,8-10,14H2,1H3,(H,15,16). The van der Waals surface area contributed by atoms with Gasteiger partial charge in [0, 0.05) is 12.2 Å². The van der Waals surface area contributed by atoms with E-state index < -0.39 is 0 Å². The van der Waals surface area contributed by atoms with E-state index in [1.54, 1.807) is 6.07 Å². The molecule has 0 bridgehead atoms. The Morgan fingerprint density at radius 1 is 1.35 bits per heavy atom. The summed E-state index contributed by atoms with van der Waals surface area (Å²) in [5.74, 6) is 2.04. The van der Waals surface area contributed by atoms with Crippen molar-refractivity contribution in [1.29, 1.82) is 0 Å². The Labute approximate surface area is 107 Å². The van der Waals surface area contributed by atoms with Crippen LogP contribution in [-0.2, 0) is 4.79 Å². The number of carbonyl (C=O) groups is 1. The Bertz CT molecular complexity index is 355. The molecular weight excluding hydrogens is 232 g/mol. The van der Waals surface area contributed by atoms with Crippen LogP contribution in [-0.4, -0.2) is 17.4 Å². The van der Waals surface area contributed by atoms with Crippen molar-refractivity contribution in [2.45, 2.75) is 26.2 Å². The number of nitrogen functional groups attached to an aromatic ring is 1. The number of rotatable bonds is 7. The van der Waals surface area contributed by atoms with Crippen molar-refractivity contribution in [2.24, 2.45) is 0 Å². The molecule has 1 rings (SSSR count). The van der Waals surface area contributed by atoms with Crippen LogP contribution in [0.5, 0.6) is 0 Å². The lowest BCUT2D eigenvalue weighted by Crippen LogP contribution is -2.13. The van der Waals surface area contributed by atoms with Gasteiger partial charge in [-0.15, -0.1) is 0 Å². The fourth-order valence-corrected chi connectivity index (χ4v) is 2.36. The third-order valence-electron chi connectivity index (χ3n) is 2.35. The molecular formula is C13H20N2OS. The van der Waals surface area contributed by atoms with Crippen LogP contribution in [0.3, 0.4) is 0 Å². The quantitative estimate of drug-likeness (QED) is 0.579. The molecule has 0 saturated heterocycles. The van der Waals surface area contributed by atoms with E-state index in [1.807, 2.05) is 30.0 Å². The van der Waals surface area contributed by atoms with E-state index in [1.165, 1.54) is 12.8 Å². The van der Waals surface area contributed by atoms with Gasteiger partial charge in [-0.3, -0.25) is 4.79 Å². The molecule has 0 aliphatic carbocycles. The van der Waals surface area contributed by atoms with Gasteiger partial charge in [-0.25, -0.2) is 0 Å². The topological polar surface area (TPSA) is 55.1 Å². The number of anilines is 2. The van der Waals surface area contributed by atoms with Crippen LogP contribution in [0.2, 0.25) is 0 Å². The van der Waals surface area contributed by atoms with E-state index in [-0.39, 0.29) is 5.91 Å². The maximum absolute atomic E-state index is 11.6. The van der Waals surface area contributed by atoms with Gasteiger partial charge >= 0.3 is 0 Å². The fraction of sp³-hybridized carbons (Fsp3) is 0.462. The molecule has 0 aliphatic rings. The fourth-order valence-electron chi connectivity index (χ4n) is 1.34. The van der Waals surface area contributed by atoms with Crippen LogP contribution < -0.4 is 11.1 Å². The summed E-state index contributed by atoms with van der Waals surface area (Å²) >= 11 is 1.83.